The van der Waals surface area contributed by atoms with E-state index in [9.17, 15) is 0 Å². The summed E-state index contributed by atoms with van der Waals surface area (Å²) in [5, 5.41) is 7.17. The van der Waals surface area contributed by atoms with Crippen LogP contribution >= 0.6 is 0 Å². The second-order valence-electron chi connectivity index (χ2n) is 5.02. The molecule has 2 aliphatic heterocycles. The largest absolute Gasteiger partial charge is 0.378 e. The molecule has 2 fully saturated rings. The normalized spacial score (nSPS) is 37.8. The molecule has 2 rings (SSSR count). The van der Waals surface area contributed by atoms with E-state index in [1.165, 1.54) is 45.3 Å². The number of nitrogens with one attached hydrogen (secondary N) is 2. The monoisotopic (exact) mass is 212 g/mol. The zero-order valence-electron chi connectivity index (χ0n) is 9.80. The quantitative estimate of drug-likeness (QED) is 0.736. The third kappa shape index (κ3) is 3.74. The van der Waals surface area contributed by atoms with E-state index in [4.69, 9.17) is 4.74 Å². The molecule has 0 aromatic rings. The molecule has 2 aliphatic rings. The fourth-order valence-electron chi connectivity index (χ4n) is 2.61. The van der Waals surface area contributed by atoms with Gasteiger partial charge in [-0.1, -0.05) is 0 Å². The highest BCUT2D eigenvalue weighted by Gasteiger charge is 2.20. The van der Waals surface area contributed by atoms with E-state index in [-0.39, 0.29) is 0 Å². The Morgan fingerprint density at radius 3 is 3.07 bits per heavy atom. The molecule has 2 saturated heterocycles. The molecule has 0 amide bonds. The predicted molar refractivity (Wildman–Crippen MR) is 62.0 cm³/mol. The van der Waals surface area contributed by atoms with Gasteiger partial charge in [0.25, 0.3) is 0 Å². The zero-order chi connectivity index (χ0) is 10.5. The number of hydrogen-bond donors (Lipinski definition) is 2. The Balaban J connectivity index is 1.63. The maximum atomic E-state index is 5.55. The first-order valence-electron chi connectivity index (χ1n) is 6.40. The molecule has 2 heterocycles. The van der Waals surface area contributed by atoms with E-state index >= 15 is 0 Å². The van der Waals surface area contributed by atoms with Gasteiger partial charge in [-0.15, -0.1) is 0 Å². The van der Waals surface area contributed by atoms with E-state index in [1.807, 2.05) is 0 Å². The number of ether oxygens (including phenoxy) is 1. The van der Waals surface area contributed by atoms with Crippen LogP contribution in [0.5, 0.6) is 0 Å². The van der Waals surface area contributed by atoms with Gasteiger partial charge in [-0.05, 0) is 58.2 Å². The van der Waals surface area contributed by atoms with Crippen molar-refractivity contribution in [1.29, 1.82) is 0 Å². The van der Waals surface area contributed by atoms with Crippen LogP contribution in [-0.4, -0.2) is 38.4 Å². The van der Waals surface area contributed by atoms with Crippen LogP contribution in [0.1, 0.15) is 32.6 Å². The molecule has 3 unspecified atom stereocenters. The predicted octanol–water partition coefficient (Wildman–Crippen LogP) is 1.14. The Morgan fingerprint density at radius 1 is 1.40 bits per heavy atom. The third-order valence-corrected chi connectivity index (χ3v) is 3.58. The maximum absolute atomic E-state index is 5.55. The van der Waals surface area contributed by atoms with E-state index in [0.29, 0.717) is 12.1 Å². The van der Waals surface area contributed by atoms with Gasteiger partial charge in [0, 0.05) is 12.6 Å². The molecule has 0 aromatic carbocycles. The SMILES string of the molecule is CC1CC(NCC2CCCNC2)CCO1. The Morgan fingerprint density at radius 2 is 2.33 bits per heavy atom. The van der Waals surface area contributed by atoms with Crippen LogP contribution in [0.15, 0.2) is 0 Å². The molecule has 2 N–H and O–H groups in total. The summed E-state index contributed by atoms with van der Waals surface area (Å²) in [4.78, 5) is 0. The Kier molecular flexibility index (Phi) is 4.42. The molecule has 15 heavy (non-hydrogen) atoms. The molecular weight excluding hydrogens is 188 g/mol. The van der Waals surface area contributed by atoms with Crippen LogP contribution < -0.4 is 10.6 Å². The summed E-state index contributed by atoms with van der Waals surface area (Å²) in [6, 6.07) is 0.690. The minimum absolute atomic E-state index is 0.445. The van der Waals surface area contributed by atoms with E-state index in [1.54, 1.807) is 0 Å². The van der Waals surface area contributed by atoms with Crippen molar-refractivity contribution in [2.75, 3.05) is 26.2 Å². The van der Waals surface area contributed by atoms with Crippen molar-refractivity contribution >= 4 is 0 Å². The van der Waals surface area contributed by atoms with Gasteiger partial charge in [-0.25, -0.2) is 0 Å². The van der Waals surface area contributed by atoms with Gasteiger partial charge < -0.3 is 15.4 Å². The van der Waals surface area contributed by atoms with Crippen molar-refractivity contribution < 1.29 is 4.74 Å². The first-order chi connectivity index (χ1) is 7.34. The summed E-state index contributed by atoms with van der Waals surface area (Å²) < 4.78 is 5.55. The Bertz CT molecular complexity index is 180. The lowest BCUT2D eigenvalue weighted by Crippen LogP contribution is -2.43. The first-order valence-corrected chi connectivity index (χ1v) is 6.40. The molecule has 0 bridgehead atoms. The Hall–Kier alpha value is -0.120. The van der Waals surface area contributed by atoms with Gasteiger partial charge in [-0.2, -0.15) is 0 Å². The molecule has 3 heteroatoms. The zero-order valence-corrected chi connectivity index (χ0v) is 9.80. The average Bonchev–Trinajstić information content (AvgIpc) is 2.28. The van der Waals surface area contributed by atoms with E-state index < -0.39 is 0 Å². The molecule has 0 aliphatic carbocycles. The van der Waals surface area contributed by atoms with Gasteiger partial charge in [0.2, 0.25) is 0 Å². The summed E-state index contributed by atoms with van der Waals surface area (Å²) in [6.45, 7) is 6.71. The maximum Gasteiger partial charge on any atom is 0.0561 e. The van der Waals surface area contributed by atoms with Crippen LogP contribution in [0.4, 0.5) is 0 Å². The molecule has 0 spiro atoms. The summed E-state index contributed by atoms with van der Waals surface area (Å²) in [5.74, 6) is 0.844. The Labute approximate surface area is 93.0 Å². The highest BCUT2D eigenvalue weighted by atomic mass is 16.5. The van der Waals surface area contributed by atoms with Crippen molar-refractivity contribution in [3.05, 3.63) is 0 Å². The van der Waals surface area contributed by atoms with Crippen LogP contribution in [-0.2, 0) is 4.74 Å². The lowest BCUT2D eigenvalue weighted by Gasteiger charge is -2.30. The summed E-state index contributed by atoms with van der Waals surface area (Å²) in [5.41, 5.74) is 0. The van der Waals surface area contributed by atoms with Crippen LogP contribution in [0, 0.1) is 5.92 Å². The van der Waals surface area contributed by atoms with Crippen LogP contribution in [0.25, 0.3) is 0 Å². The molecular formula is C12H24N2O. The molecule has 88 valence electrons. The molecule has 3 atom stereocenters. The van der Waals surface area contributed by atoms with Crippen molar-refractivity contribution in [2.45, 2.75) is 44.8 Å². The van der Waals surface area contributed by atoms with Gasteiger partial charge in [-0.3, -0.25) is 0 Å². The van der Waals surface area contributed by atoms with Crippen molar-refractivity contribution in [3.63, 3.8) is 0 Å². The third-order valence-electron chi connectivity index (χ3n) is 3.58. The molecule has 3 nitrogen and oxygen atoms in total. The fourth-order valence-corrected chi connectivity index (χ4v) is 2.61. The fraction of sp³-hybridized carbons (Fsp3) is 1.00. The number of hydrogen-bond acceptors (Lipinski definition) is 3. The summed E-state index contributed by atoms with van der Waals surface area (Å²) in [6.07, 6.45) is 5.54. The van der Waals surface area contributed by atoms with Gasteiger partial charge in [0.1, 0.15) is 0 Å². The van der Waals surface area contributed by atoms with Crippen molar-refractivity contribution in [3.8, 4) is 0 Å². The minimum Gasteiger partial charge on any atom is -0.378 e. The van der Waals surface area contributed by atoms with Gasteiger partial charge >= 0.3 is 0 Å². The minimum atomic E-state index is 0.445. The second kappa shape index (κ2) is 5.83. The van der Waals surface area contributed by atoms with Crippen molar-refractivity contribution in [2.24, 2.45) is 5.92 Å². The van der Waals surface area contributed by atoms with Crippen LogP contribution in [0.3, 0.4) is 0 Å². The highest BCUT2D eigenvalue weighted by molar-refractivity contribution is 4.78. The summed E-state index contributed by atoms with van der Waals surface area (Å²) >= 11 is 0. The number of rotatable bonds is 3. The summed E-state index contributed by atoms with van der Waals surface area (Å²) in [7, 11) is 0. The average molecular weight is 212 g/mol. The van der Waals surface area contributed by atoms with Gasteiger partial charge in [0.15, 0.2) is 0 Å². The van der Waals surface area contributed by atoms with E-state index in [0.717, 1.165) is 12.5 Å². The topological polar surface area (TPSA) is 33.3 Å². The van der Waals surface area contributed by atoms with Crippen molar-refractivity contribution in [1.82, 2.24) is 10.6 Å². The lowest BCUT2D eigenvalue weighted by molar-refractivity contribution is 0.0125. The van der Waals surface area contributed by atoms with E-state index in [2.05, 4.69) is 17.6 Å². The number of piperidine rings is 1. The molecule has 0 saturated carbocycles. The smallest absolute Gasteiger partial charge is 0.0561 e. The second-order valence-corrected chi connectivity index (χ2v) is 5.02. The lowest BCUT2D eigenvalue weighted by atomic mass is 9.98. The molecule has 0 radical (unpaired) electrons. The standard InChI is InChI=1S/C12H24N2O/c1-10-7-12(4-6-15-10)14-9-11-3-2-5-13-8-11/h10-14H,2-9H2,1H3. The first kappa shape index (κ1) is 11.4. The van der Waals surface area contributed by atoms with Gasteiger partial charge in [0.05, 0.1) is 6.10 Å². The highest BCUT2D eigenvalue weighted by Crippen LogP contribution is 2.14. The van der Waals surface area contributed by atoms with Crippen LogP contribution in [0.2, 0.25) is 0 Å². The molecule has 0 aromatic heterocycles.